The standard InChI is InChI=1S/C16H21N5O3S/c1-12-5-6-14(17-8-12)19-16(22)13-4-3-7-21(9-13)25(23,24)15-10-20(2)11-18-15/h5-6,8,10-11,13H,3-4,7,9H2,1-2H3,(H,17,19,22)/t13-/m0/s1. The first-order chi connectivity index (χ1) is 11.9. The highest BCUT2D eigenvalue weighted by molar-refractivity contribution is 7.89. The predicted octanol–water partition coefficient (Wildman–Crippen LogP) is 1.16. The zero-order valence-corrected chi connectivity index (χ0v) is 15.0. The maximum atomic E-state index is 12.7. The molecular formula is C16H21N5O3S. The van der Waals surface area contributed by atoms with Crippen molar-refractivity contribution in [1.29, 1.82) is 0 Å². The Morgan fingerprint density at radius 1 is 1.32 bits per heavy atom. The summed E-state index contributed by atoms with van der Waals surface area (Å²) >= 11 is 0. The number of anilines is 1. The molecule has 0 bridgehead atoms. The number of piperidine rings is 1. The van der Waals surface area contributed by atoms with Crippen LogP contribution in [0.25, 0.3) is 0 Å². The van der Waals surface area contributed by atoms with Gasteiger partial charge in [0.05, 0.1) is 12.2 Å². The molecule has 0 aromatic carbocycles. The number of pyridine rings is 1. The zero-order chi connectivity index (χ0) is 18.0. The summed E-state index contributed by atoms with van der Waals surface area (Å²) in [6.07, 6.45) is 5.87. The van der Waals surface area contributed by atoms with Crippen LogP contribution in [-0.2, 0) is 21.9 Å². The van der Waals surface area contributed by atoms with E-state index in [0.29, 0.717) is 25.2 Å². The van der Waals surface area contributed by atoms with Crippen LogP contribution < -0.4 is 5.32 Å². The lowest BCUT2D eigenvalue weighted by molar-refractivity contribution is -0.120. The Labute approximate surface area is 146 Å². The first kappa shape index (κ1) is 17.6. The highest BCUT2D eigenvalue weighted by Crippen LogP contribution is 2.23. The second kappa shape index (κ2) is 6.93. The van der Waals surface area contributed by atoms with E-state index < -0.39 is 15.9 Å². The molecule has 1 saturated heterocycles. The van der Waals surface area contributed by atoms with Gasteiger partial charge in [0, 0.05) is 32.5 Å². The lowest BCUT2D eigenvalue weighted by Crippen LogP contribution is -2.43. The highest BCUT2D eigenvalue weighted by atomic mass is 32.2. The van der Waals surface area contributed by atoms with Gasteiger partial charge in [-0.05, 0) is 31.4 Å². The molecule has 0 saturated carbocycles. The average molecular weight is 363 g/mol. The SMILES string of the molecule is Cc1ccc(NC(=O)[C@H]2CCCN(S(=O)(=O)c3cn(C)cn3)C2)nc1. The Kier molecular flexibility index (Phi) is 4.87. The summed E-state index contributed by atoms with van der Waals surface area (Å²) in [7, 11) is -1.97. The fourth-order valence-corrected chi connectivity index (χ4v) is 4.29. The molecule has 1 N–H and O–H groups in total. The molecule has 1 atom stereocenters. The largest absolute Gasteiger partial charge is 0.339 e. The lowest BCUT2D eigenvalue weighted by Gasteiger charge is -2.30. The number of aromatic nitrogens is 3. The van der Waals surface area contributed by atoms with Gasteiger partial charge in [0.15, 0.2) is 5.03 Å². The number of rotatable bonds is 4. The number of nitrogens with zero attached hydrogens (tertiary/aromatic N) is 4. The van der Waals surface area contributed by atoms with Gasteiger partial charge in [-0.3, -0.25) is 4.79 Å². The third kappa shape index (κ3) is 3.88. The maximum absolute atomic E-state index is 12.7. The summed E-state index contributed by atoms with van der Waals surface area (Å²) in [6, 6.07) is 3.60. The number of imidazole rings is 1. The third-order valence-electron chi connectivity index (χ3n) is 4.20. The van der Waals surface area contributed by atoms with Gasteiger partial charge in [-0.25, -0.2) is 18.4 Å². The number of hydrogen-bond acceptors (Lipinski definition) is 5. The van der Waals surface area contributed by atoms with E-state index in [2.05, 4.69) is 15.3 Å². The van der Waals surface area contributed by atoms with Gasteiger partial charge >= 0.3 is 0 Å². The molecule has 9 heteroatoms. The summed E-state index contributed by atoms with van der Waals surface area (Å²) in [5.74, 6) is -0.145. The van der Waals surface area contributed by atoms with Gasteiger partial charge in [-0.2, -0.15) is 4.31 Å². The molecule has 0 spiro atoms. The normalized spacial score (nSPS) is 18.9. The summed E-state index contributed by atoms with van der Waals surface area (Å²) < 4.78 is 28.3. The molecule has 0 unspecified atom stereocenters. The lowest BCUT2D eigenvalue weighted by atomic mass is 9.99. The van der Waals surface area contributed by atoms with E-state index in [4.69, 9.17) is 0 Å². The fourth-order valence-electron chi connectivity index (χ4n) is 2.80. The summed E-state index contributed by atoms with van der Waals surface area (Å²) in [4.78, 5) is 20.6. The zero-order valence-electron chi connectivity index (χ0n) is 14.2. The van der Waals surface area contributed by atoms with Crippen LogP contribution in [-0.4, -0.2) is 46.3 Å². The second-order valence-corrected chi connectivity index (χ2v) is 8.17. The van der Waals surface area contributed by atoms with Crippen LogP contribution in [0.5, 0.6) is 0 Å². The fraction of sp³-hybridized carbons (Fsp3) is 0.438. The molecule has 134 valence electrons. The van der Waals surface area contributed by atoms with Crippen LogP contribution in [0.15, 0.2) is 35.9 Å². The van der Waals surface area contributed by atoms with Crippen LogP contribution >= 0.6 is 0 Å². The number of amides is 1. The molecule has 2 aromatic rings. The van der Waals surface area contributed by atoms with Crippen molar-refractivity contribution >= 4 is 21.7 Å². The van der Waals surface area contributed by atoms with Crippen LogP contribution in [0.2, 0.25) is 0 Å². The van der Waals surface area contributed by atoms with Crippen molar-refractivity contribution in [2.75, 3.05) is 18.4 Å². The Bertz CT molecular complexity index is 860. The molecule has 3 rings (SSSR count). The van der Waals surface area contributed by atoms with E-state index in [1.807, 2.05) is 13.0 Å². The van der Waals surface area contributed by atoms with Crippen molar-refractivity contribution in [3.63, 3.8) is 0 Å². The Hall–Kier alpha value is -2.26. The Morgan fingerprint density at radius 3 is 2.76 bits per heavy atom. The van der Waals surface area contributed by atoms with Gasteiger partial charge in [0.25, 0.3) is 10.0 Å². The second-order valence-electron chi connectivity index (χ2n) is 6.29. The van der Waals surface area contributed by atoms with Gasteiger partial charge in [0.2, 0.25) is 5.91 Å². The molecule has 3 heterocycles. The van der Waals surface area contributed by atoms with Crippen LogP contribution in [0.4, 0.5) is 5.82 Å². The van der Waals surface area contributed by atoms with E-state index in [1.165, 1.54) is 16.8 Å². The van der Waals surface area contributed by atoms with Gasteiger partial charge in [-0.15, -0.1) is 0 Å². The summed E-state index contributed by atoms with van der Waals surface area (Å²) in [5, 5.41) is 2.77. The number of carbonyl (C=O) groups excluding carboxylic acids is 1. The van der Waals surface area contributed by atoms with E-state index >= 15 is 0 Å². The van der Waals surface area contributed by atoms with E-state index in [1.54, 1.807) is 23.9 Å². The molecule has 2 aromatic heterocycles. The first-order valence-electron chi connectivity index (χ1n) is 8.08. The molecule has 1 amide bonds. The predicted molar refractivity (Wildman–Crippen MR) is 92.3 cm³/mol. The Morgan fingerprint density at radius 2 is 2.12 bits per heavy atom. The topological polar surface area (TPSA) is 97.2 Å². The van der Waals surface area contributed by atoms with Crippen molar-refractivity contribution in [3.05, 3.63) is 36.4 Å². The molecule has 1 aliphatic heterocycles. The first-order valence-corrected chi connectivity index (χ1v) is 9.52. The highest BCUT2D eigenvalue weighted by Gasteiger charge is 2.34. The van der Waals surface area contributed by atoms with Crippen molar-refractivity contribution < 1.29 is 13.2 Å². The molecule has 1 fully saturated rings. The maximum Gasteiger partial charge on any atom is 0.262 e. The minimum absolute atomic E-state index is 0.0104. The molecule has 25 heavy (non-hydrogen) atoms. The molecular weight excluding hydrogens is 342 g/mol. The number of carbonyl (C=O) groups is 1. The van der Waals surface area contributed by atoms with E-state index in [-0.39, 0.29) is 17.5 Å². The van der Waals surface area contributed by atoms with Crippen LogP contribution in [0.3, 0.4) is 0 Å². The number of hydrogen-bond donors (Lipinski definition) is 1. The number of sulfonamides is 1. The molecule has 8 nitrogen and oxygen atoms in total. The minimum atomic E-state index is -3.68. The molecule has 0 aliphatic carbocycles. The van der Waals surface area contributed by atoms with E-state index in [0.717, 1.165) is 5.56 Å². The number of aryl methyl sites for hydroxylation is 2. The quantitative estimate of drug-likeness (QED) is 0.879. The molecule has 1 aliphatic rings. The Balaban J connectivity index is 1.70. The van der Waals surface area contributed by atoms with Gasteiger partial charge in [0.1, 0.15) is 5.82 Å². The van der Waals surface area contributed by atoms with Crippen LogP contribution in [0, 0.1) is 12.8 Å². The number of nitrogens with one attached hydrogen (secondary N) is 1. The third-order valence-corrected chi connectivity index (χ3v) is 5.95. The summed E-state index contributed by atoms with van der Waals surface area (Å²) in [6.45, 7) is 2.46. The summed E-state index contributed by atoms with van der Waals surface area (Å²) in [5.41, 5.74) is 1.00. The molecule has 0 radical (unpaired) electrons. The monoisotopic (exact) mass is 363 g/mol. The van der Waals surface area contributed by atoms with Crippen molar-refractivity contribution in [3.8, 4) is 0 Å². The van der Waals surface area contributed by atoms with Gasteiger partial charge < -0.3 is 9.88 Å². The minimum Gasteiger partial charge on any atom is -0.339 e. The van der Waals surface area contributed by atoms with Crippen molar-refractivity contribution in [2.45, 2.75) is 24.8 Å². The van der Waals surface area contributed by atoms with Gasteiger partial charge in [-0.1, -0.05) is 6.07 Å². The smallest absolute Gasteiger partial charge is 0.262 e. The van der Waals surface area contributed by atoms with Crippen molar-refractivity contribution in [2.24, 2.45) is 13.0 Å². The van der Waals surface area contributed by atoms with Crippen LogP contribution in [0.1, 0.15) is 18.4 Å². The van der Waals surface area contributed by atoms with Crippen molar-refractivity contribution in [1.82, 2.24) is 18.8 Å². The average Bonchev–Trinajstić information content (AvgIpc) is 3.04. The van der Waals surface area contributed by atoms with E-state index in [9.17, 15) is 13.2 Å².